The zero-order valence-electron chi connectivity index (χ0n) is 32.8. The highest BCUT2D eigenvalue weighted by atomic mass is 32.3. The van der Waals surface area contributed by atoms with Crippen molar-refractivity contribution in [2.75, 3.05) is 33.0 Å². The molecule has 368 valence electrons. The van der Waals surface area contributed by atoms with Gasteiger partial charge in [0, 0.05) is 6.92 Å². The average molecular weight is 950 g/mol. The van der Waals surface area contributed by atoms with Crippen molar-refractivity contribution in [3.63, 3.8) is 0 Å². The Hall–Kier alpha value is -1.62. The van der Waals surface area contributed by atoms with Crippen molar-refractivity contribution < 1.29 is 141 Å². The number of carbonyl (C=O) groups is 1. The highest BCUT2D eigenvalue weighted by Gasteiger charge is 2.57. The van der Waals surface area contributed by atoms with Crippen LogP contribution in [0.5, 0.6) is 0 Å². The summed E-state index contributed by atoms with van der Waals surface area (Å²) in [6, 6.07) is -1.84. The summed E-state index contributed by atoms with van der Waals surface area (Å²) in [7, 11) is -5.24. The molecule has 0 aromatic rings. The van der Waals surface area contributed by atoms with Crippen molar-refractivity contribution in [1.29, 1.82) is 0 Å². The van der Waals surface area contributed by atoms with Crippen molar-refractivity contribution in [2.24, 2.45) is 0 Å². The first kappa shape index (κ1) is 52.4. The Labute approximate surface area is 356 Å². The van der Waals surface area contributed by atoms with Gasteiger partial charge in [-0.05, 0) is 0 Å². The molecule has 0 aliphatic carbocycles. The topological polar surface area (TPSA) is 479 Å². The smallest absolute Gasteiger partial charge is 0.394 e. The Balaban J connectivity index is 1.40. The maximum absolute atomic E-state index is 12.5. The van der Waals surface area contributed by atoms with Crippen LogP contribution in [0.1, 0.15) is 6.92 Å². The summed E-state index contributed by atoms with van der Waals surface area (Å²) < 4.78 is 86.6. The minimum Gasteiger partial charge on any atom is -0.394 e. The lowest BCUT2D eigenvalue weighted by Gasteiger charge is -2.50. The van der Waals surface area contributed by atoms with Crippen molar-refractivity contribution in [2.45, 2.75) is 160 Å². The maximum Gasteiger partial charge on any atom is 0.397 e. The first-order valence-electron chi connectivity index (χ1n) is 19.3. The molecule has 0 saturated carbocycles. The second kappa shape index (κ2) is 22.0. The Morgan fingerprint density at radius 3 is 1.41 bits per heavy atom. The number of aliphatic hydroxyl groups is 15. The summed E-state index contributed by atoms with van der Waals surface area (Å²) in [6.07, 6.45) is -47.0. The zero-order valence-corrected chi connectivity index (χ0v) is 33.7. The lowest BCUT2D eigenvalue weighted by Crippen LogP contribution is -2.70. The zero-order chi connectivity index (χ0) is 46.8. The monoisotopic (exact) mass is 949 g/mol. The lowest BCUT2D eigenvalue weighted by atomic mass is 9.94. The minimum atomic E-state index is -5.24. The van der Waals surface area contributed by atoms with Gasteiger partial charge in [-0.25, -0.2) is 4.18 Å². The number of rotatable bonds is 16. The standard InChI is InChI=1S/C32H55NO29S/c1-7(38)33-13-26(61-30-21(46)17(42)14(39)8(2-34)55-30)16(41)12(6-53-63(50,51)52)58-29(13)62-27-15(40)9(3-35)56-32(23(27)48)60-25-11(5-37)57-31(22(47)19(25)44)59-24-10(4-36)54-28(49)20(45)18(24)43/h8-32,34-37,39-49H,2-6H2,1H3,(H,33,38)(H,50,51,52)/t8-,9-,10-,11-,12-,13-,14+,15+,16+,17+,18-,19-,20-,21-,22-,23-,24-,25+,26-,27+,28-,29+,30+,31+,32-/m1/s1. The van der Waals surface area contributed by atoms with Crippen LogP contribution in [0.3, 0.4) is 0 Å². The highest BCUT2D eigenvalue weighted by Crippen LogP contribution is 2.36. The Bertz CT molecular complexity index is 1560. The third kappa shape index (κ3) is 11.7. The van der Waals surface area contributed by atoms with Crippen molar-refractivity contribution in [3.05, 3.63) is 0 Å². The molecule has 5 aliphatic heterocycles. The molecule has 5 fully saturated rings. The first-order chi connectivity index (χ1) is 29.6. The van der Waals surface area contributed by atoms with Gasteiger partial charge in [-0.2, -0.15) is 8.42 Å². The molecule has 1 amide bonds. The molecule has 5 rings (SSSR count). The second-order valence-electron chi connectivity index (χ2n) is 15.2. The Morgan fingerprint density at radius 1 is 0.476 bits per heavy atom. The van der Waals surface area contributed by atoms with Gasteiger partial charge in [0.05, 0.1) is 33.0 Å². The van der Waals surface area contributed by atoms with Crippen LogP contribution in [0.2, 0.25) is 0 Å². The fraction of sp³-hybridized carbons (Fsp3) is 0.969. The van der Waals surface area contributed by atoms with Gasteiger partial charge in [0.15, 0.2) is 31.5 Å². The third-order valence-electron chi connectivity index (χ3n) is 10.9. The summed E-state index contributed by atoms with van der Waals surface area (Å²) >= 11 is 0. The van der Waals surface area contributed by atoms with Crippen LogP contribution in [0.25, 0.3) is 0 Å². The number of carbonyl (C=O) groups excluding carboxylic acids is 1. The number of nitrogens with one attached hydrogen (secondary N) is 1. The van der Waals surface area contributed by atoms with Gasteiger partial charge in [0.1, 0.15) is 122 Å². The molecule has 0 radical (unpaired) electrons. The van der Waals surface area contributed by atoms with Crippen molar-refractivity contribution in [1.82, 2.24) is 5.32 Å². The Morgan fingerprint density at radius 2 is 0.889 bits per heavy atom. The van der Waals surface area contributed by atoms with E-state index in [0.717, 1.165) is 6.92 Å². The fourth-order valence-electron chi connectivity index (χ4n) is 7.57. The van der Waals surface area contributed by atoms with Crippen molar-refractivity contribution >= 4 is 16.3 Å². The molecule has 0 unspecified atom stereocenters. The normalized spacial score (nSPS) is 48.7. The van der Waals surface area contributed by atoms with E-state index in [2.05, 4.69) is 9.50 Å². The average Bonchev–Trinajstić information content (AvgIpc) is 3.23. The molecular weight excluding hydrogens is 894 g/mol. The molecule has 5 aliphatic rings. The molecular formula is C32H55NO29S. The molecule has 5 heterocycles. The number of ether oxygens (including phenoxy) is 9. The van der Waals surface area contributed by atoms with Crippen molar-refractivity contribution in [3.8, 4) is 0 Å². The summed E-state index contributed by atoms with van der Waals surface area (Å²) in [6.45, 7) is -4.17. The number of hydrogen-bond donors (Lipinski definition) is 17. The molecule has 0 aromatic heterocycles. The van der Waals surface area contributed by atoms with Crippen LogP contribution >= 0.6 is 0 Å². The van der Waals surface area contributed by atoms with Crippen LogP contribution in [0.4, 0.5) is 0 Å². The van der Waals surface area contributed by atoms with E-state index >= 15 is 0 Å². The van der Waals surface area contributed by atoms with Crippen LogP contribution in [-0.4, -0.2) is 282 Å². The van der Waals surface area contributed by atoms with E-state index in [1.165, 1.54) is 0 Å². The lowest BCUT2D eigenvalue weighted by molar-refractivity contribution is -0.388. The van der Waals surface area contributed by atoms with Crippen LogP contribution in [0.15, 0.2) is 0 Å². The molecule has 17 N–H and O–H groups in total. The van der Waals surface area contributed by atoms with Crippen LogP contribution in [-0.2, 0) is 62.0 Å². The number of aliphatic hydroxyl groups excluding tert-OH is 15. The van der Waals surface area contributed by atoms with Gasteiger partial charge in [0.2, 0.25) is 5.91 Å². The summed E-state index contributed by atoms with van der Waals surface area (Å²) in [5.74, 6) is -0.907. The predicted octanol–water partition coefficient (Wildman–Crippen LogP) is -12.0. The Kier molecular flexibility index (Phi) is 18.3. The third-order valence-corrected chi connectivity index (χ3v) is 11.4. The van der Waals surface area contributed by atoms with E-state index in [0.29, 0.717) is 0 Å². The van der Waals surface area contributed by atoms with Crippen LogP contribution < -0.4 is 5.32 Å². The molecule has 0 aromatic carbocycles. The van der Waals surface area contributed by atoms with Gasteiger partial charge in [-0.1, -0.05) is 0 Å². The van der Waals surface area contributed by atoms with E-state index in [9.17, 15) is 94.4 Å². The number of hydrogen-bond acceptors (Lipinski definition) is 28. The highest BCUT2D eigenvalue weighted by molar-refractivity contribution is 7.80. The number of amides is 1. The molecule has 5 saturated heterocycles. The fourth-order valence-corrected chi connectivity index (χ4v) is 7.87. The second-order valence-corrected chi connectivity index (χ2v) is 16.3. The van der Waals surface area contributed by atoms with E-state index < -0.39 is 203 Å². The molecule has 0 spiro atoms. The van der Waals surface area contributed by atoms with Gasteiger partial charge < -0.3 is 125 Å². The SMILES string of the molecule is CC(=O)N[C@H]1[C@H](O[C@H]2[C@@H](O)[C@@H](CO)O[C@H](O[C@@H]3[C@H](O)[C@@H](O)[C@H](O[C@H]4[C@H](O)[C@@H](O)[C@H](O)O[C@@H]4CO)O[C@@H]3CO)[C@@H]2O)O[C@H](COS(=O)(=O)O)[C@H](O)[C@@H]1O[C@@H]1O[C@H](CO)[C@H](O)[C@H](O)[C@H]1O. The molecule has 30 nitrogen and oxygen atoms in total. The predicted molar refractivity (Wildman–Crippen MR) is 189 cm³/mol. The molecule has 25 atom stereocenters. The maximum atomic E-state index is 12.5. The summed E-state index contributed by atoms with van der Waals surface area (Å²) in [5.41, 5.74) is 0. The first-order valence-corrected chi connectivity index (χ1v) is 20.6. The van der Waals surface area contributed by atoms with Gasteiger partial charge in [-0.3, -0.25) is 9.35 Å². The minimum absolute atomic E-state index is 0.882. The summed E-state index contributed by atoms with van der Waals surface area (Å²) in [5, 5.41) is 160. The largest absolute Gasteiger partial charge is 0.397 e. The molecule has 0 bridgehead atoms. The van der Waals surface area contributed by atoms with E-state index in [1.54, 1.807) is 0 Å². The van der Waals surface area contributed by atoms with Gasteiger partial charge >= 0.3 is 10.4 Å². The van der Waals surface area contributed by atoms with Crippen LogP contribution in [0, 0.1) is 0 Å². The van der Waals surface area contributed by atoms with E-state index in [4.69, 9.17) is 42.6 Å². The molecule has 63 heavy (non-hydrogen) atoms. The van der Waals surface area contributed by atoms with Gasteiger partial charge in [0.25, 0.3) is 0 Å². The summed E-state index contributed by atoms with van der Waals surface area (Å²) in [4.78, 5) is 12.5. The van der Waals surface area contributed by atoms with E-state index in [-0.39, 0.29) is 0 Å². The quantitative estimate of drug-likeness (QED) is 0.0639. The van der Waals surface area contributed by atoms with Gasteiger partial charge in [-0.15, -0.1) is 0 Å². The molecule has 31 heteroatoms. The van der Waals surface area contributed by atoms with E-state index in [1.807, 2.05) is 0 Å².